The van der Waals surface area contributed by atoms with Crippen molar-refractivity contribution in [3.8, 4) is 11.5 Å². The molecule has 0 saturated carbocycles. The Morgan fingerprint density at radius 2 is 1.76 bits per heavy atom. The first-order valence-electron chi connectivity index (χ1n) is 11.1. The molecule has 0 spiro atoms. The Labute approximate surface area is 199 Å². The number of ether oxygens (including phenoxy) is 3. The molecule has 10 nitrogen and oxygen atoms in total. The summed E-state index contributed by atoms with van der Waals surface area (Å²) >= 11 is 0. The van der Waals surface area contributed by atoms with Gasteiger partial charge in [-0.15, -0.1) is 0 Å². The highest BCUT2D eigenvalue weighted by Crippen LogP contribution is 2.29. The highest BCUT2D eigenvalue weighted by molar-refractivity contribution is 7.88. The summed E-state index contributed by atoms with van der Waals surface area (Å²) in [4.78, 5) is 26.7. The third-order valence-electron chi connectivity index (χ3n) is 5.26. The fourth-order valence-corrected chi connectivity index (χ4v) is 4.18. The molecule has 0 aliphatic carbocycles. The normalized spacial score (nSPS) is 14.2. The fourth-order valence-electron chi connectivity index (χ4n) is 3.37. The van der Waals surface area contributed by atoms with Crippen molar-refractivity contribution in [2.75, 3.05) is 40.4 Å². The van der Waals surface area contributed by atoms with Crippen LogP contribution in [0.1, 0.15) is 42.3 Å². The second-order valence-corrected chi connectivity index (χ2v) is 9.99. The van der Waals surface area contributed by atoms with Gasteiger partial charge in [-0.3, -0.25) is 4.79 Å². The Morgan fingerprint density at radius 1 is 1.03 bits per heavy atom. The Hall–Kier alpha value is -3.05. The maximum absolute atomic E-state index is 12.5. The number of amides is 1. The molecule has 1 aromatic carbocycles. The van der Waals surface area contributed by atoms with Gasteiger partial charge < -0.3 is 23.5 Å². The van der Waals surface area contributed by atoms with E-state index in [0.29, 0.717) is 18.1 Å². The average Bonchev–Trinajstić information content (AvgIpc) is 3.32. The molecule has 0 atom stereocenters. The van der Waals surface area contributed by atoms with Crippen LogP contribution in [0.5, 0.6) is 11.5 Å². The molecular weight excluding hydrogens is 464 g/mol. The lowest BCUT2D eigenvalue weighted by atomic mass is 10.1. The quantitative estimate of drug-likeness (QED) is 0.463. The predicted octanol–water partition coefficient (Wildman–Crippen LogP) is 2.68. The number of carbonyl (C=O) groups is 2. The maximum atomic E-state index is 12.5. The molecule has 1 amide bonds. The zero-order valence-corrected chi connectivity index (χ0v) is 20.4. The first-order chi connectivity index (χ1) is 16.2. The summed E-state index contributed by atoms with van der Waals surface area (Å²) in [5.74, 6) is 0.133. The Morgan fingerprint density at radius 3 is 2.44 bits per heavy atom. The smallest absolute Gasteiger partial charge is 0.338 e. The summed E-state index contributed by atoms with van der Waals surface area (Å²) in [6.45, 7) is 3.26. The van der Waals surface area contributed by atoms with Crippen molar-refractivity contribution in [3.63, 3.8) is 0 Å². The molecule has 1 aliphatic rings. The van der Waals surface area contributed by atoms with Crippen molar-refractivity contribution in [3.05, 3.63) is 41.7 Å². The summed E-state index contributed by atoms with van der Waals surface area (Å²) in [5, 5.41) is -0.234. The minimum Gasteiger partial charge on any atom is -0.490 e. The monoisotopic (exact) mass is 494 g/mol. The first kappa shape index (κ1) is 25.6. The molecule has 3 rings (SSSR count). The number of furan rings is 1. The number of esters is 1. The third kappa shape index (κ3) is 6.29. The number of hydrogen-bond donors (Lipinski definition) is 0. The standard InChI is InChI=1S/C23H30N2O8S/c1-4-30-20-14-17(8-10-19(20)31-16-21(26)25-12-6-5-7-13-25)23(27)32-15-18-9-11-22(33-18)34(28,29)24(2)3/h8-11,14H,4-7,12-13,15-16H2,1-3H3. The molecule has 1 aromatic heterocycles. The number of nitrogens with zero attached hydrogens (tertiary/aromatic N) is 2. The molecule has 0 N–H and O–H groups in total. The molecule has 0 unspecified atom stereocenters. The summed E-state index contributed by atoms with van der Waals surface area (Å²) in [6, 6.07) is 7.29. The van der Waals surface area contributed by atoms with E-state index in [1.807, 2.05) is 0 Å². The van der Waals surface area contributed by atoms with E-state index in [0.717, 1.165) is 36.7 Å². The predicted molar refractivity (Wildman–Crippen MR) is 122 cm³/mol. The van der Waals surface area contributed by atoms with Gasteiger partial charge in [0.15, 0.2) is 18.1 Å². The molecule has 1 aliphatic heterocycles. The van der Waals surface area contributed by atoms with Gasteiger partial charge in [0.2, 0.25) is 5.09 Å². The van der Waals surface area contributed by atoms with Crippen LogP contribution >= 0.6 is 0 Å². The number of carbonyl (C=O) groups excluding carboxylic acids is 2. The van der Waals surface area contributed by atoms with Crippen molar-refractivity contribution in [1.82, 2.24) is 9.21 Å². The Bertz CT molecular complexity index is 1100. The Balaban J connectivity index is 1.62. The van der Waals surface area contributed by atoms with Crippen molar-refractivity contribution >= 4 is 21.9 Å². The van der Waals surface area contributed by atoms with E-state index in [-0.39, 0.29) is 35.5 Å². The van der Waals surface area contributed by atoms with Crippen LogP contribution in [0.15, 0.2) is 39.8 Å². The molecule has 11 heteroatoms. The lowest BCUT2D eigenvalue weighted by Gasteiger charge is -2.26. The number of piperidine rings is 1. The van der Waals surface area contributed by atoms with Crippen molar-refractivity contribution in [2.45, 2.75) is 37.9 Å². The van der Waals surface area contributed by atoms with Crippen LogP contribution in [0.4, 0.5) is 0 Å². The van der Waals surface area contributed by atoms with Gasteiger partial charge in [0, 0.05) is 27.2 Å². The molecule has 2 aromatic rings. The van der Waals surface area contributed by atoms with Crippen LogP contribution < -0.4 is 9.47 Å². The maximum Gasteiger partial charge on any atom is 0.338 e. The molecule has 186 valence electrons. The summed E-state index contributed by atoms with van der Waals surface area (Å²) < 4.78 is 47.0. The van der Waals surface area contributed by atoms with Crippen LogP contribution in [-0.2, 0) is 26.2 Å². The van der Waals surface area contributed by atoms with Crippen LogP contribution in [-0.4, -0.2) is 69.9 Å². The van der Waals surface area contributed by atoms with E-state index in [4.69, 9.17) is 18.6 Å². The number of rotatable bonds is 10. The molecular formula is C23H30N2O8S. The molecule has 0 radical (unpaired) electrons. The van der Waals surface area contributed by atoms with E-state index < -0.39 is 16.0 Å². The fraction of sp³-hybridized carbons (Fsp3) is 0.478. The highest BCUT2D eigenvalue weighted by atomic mass is 32.2. The molecule has 2 heterocycles. The van der Waals surface area contributed by atoms with Crippen LogP contribution in [0.25, 0.3) is 0 Å². The zero-order chi connectivity index (χ0) is 24.7. The second kappa shape index (κ2) is 11.4. The summed E-state index contributed by atoms with van der Waals surface area (Å²) in [5.41, 5.74) is 0.214. The number of likely N-dealkylation sites (tertiary alicyclic amines) is 1. The average molecular weight is 495 g/mol. The van der Waals surface area contributed by atoms with Gasteiger partial charge in [-0.25, -0.2) is 17.5 Å². The van der Waals surface area contributed by atoms with Crippen molar-refractivity contribution in [1.29, 1.82) is 0 Å². The van der Waals surface area contributed by atoms with Gasteiger partial charge >= 0.3 is 5.97 Å². The van der Waals surface area contributed by atoms with Crippen LogP contribution in [0, 0.1) is 0 Å². The number of benzene rings is 1. The minimum atomic E-state index is -3.71. The summed E-state index contributed by atoms with van der Waals surface area (Å²) in [6.07, 6.45) is 3.13. The van der Waals surface area contributed by atoms with Crippen molar-refractivity contribution < 1.29 is 36.6 Å². The van der Waals surface area contributed by atoms with Gasteiger partial charge in [0.25, 0.3) is 15.9 Å². The van der Waals surface area contributed by atoms with Crippen LogP contribution in [0.3, 0.4) is 0 Å². The lowest BCUT2D eigenvalue weighted by molar-refractivity contribution is -0.134. The topological polar surface area (TPSA) is 116 Å². The molecule has 1 saturated heterocycles. The van der Waals surface area contributed by atoms with Gasteiger partial charge in [0.05, 0.1) is 12.2 Å². The van der Waals surface area contributed by atoms with E-state index in [2.05, 4.69) is 0 Å². The number of sulfonamides is 1. The van der Waals surface area contributed by atoms with Crippen molar-refractivity contribution in [2.24, 2.45) is 0 Å². The van der Waals surface area contributed by atoms with Gasteiger partial charge in [-0.2, -0.15) is 0 Å². The zero-order valence-electron chi connectivity index (χ0n) is 19.6. The van der Waals surface area contributed by atoms with E-state index in [9.17, 15) is 18.0 Å². The van der Waals surface area contributed by atoms with Crippen LogP contribution in [0.2, 0.25) is 0 Å². The van der Waals surface area contributed by atoms with Gasteiger partial charge in [-0.1, -0.05) is 0 Å². The van der Waals surface area contributed by atoms with E-state index in [1.165, 1.54) is 38.4 Å². The molecule has 1 fully saturated rings. The SMILES string of the molecule is CCOc1cc(C(=O)OCc2ccc(S(=O)(=O)N(C)C)o2)ccc1OCC(=O)N1CCCCC1. The van der Waals surface area contributed by atoms with Gasteiger partial charge in [-0.05, 0) is 56.5 Å². The lowest BCUT2D eigenvalue weighted by Crippen LogP contribution is -2.38. The second-order valence-electron chi connectivity index (χ2n) is 7.91. The summed E-state index contributed by atoms with van der Waals surface area (Å²) in [7, 11) is -0.927. The number of hydrogen-bond acceptors (Lipinski definition) is 8. The van der Waals surface area contributed by atoms with Gasteiger partial charge in [0.1, 0.15) is 12.4 Å². The minimum absolute atomic E-state index is 0.0836. The first-order valence-corrected chi connectivity index (χ1v) is 12.5. The third-order valence-corrected chi connectivity index (χ3v) is 6.95. The molecule has 0 bridgehead atoms. The highest BCUT2D eigenvalue weighted by Gasteiger charge is 2.22. The van der Waals surface area contributed by atoms with E-state index in [1.54, 1.807) is 17.9 Å². The largest absolute Gasteiger partial charge is 0.490 e. The molecule has 34 heavy (non-hydrogen) atoms. The van der Waals surface area contributed by atoms with E-state index >= 15 is 0 Å². The Kier molecular flexibility index (Phi) is 8.56.